The Bertz CT molecular complexity index is 1260. The highest BCUT2D eigenvalue weighted by molar-refractivity contribution is 7.89. The monoisotopic (exact) mass is 469 g/mol. The molecule has 3 aromatic rings. The van der Waals surface area contributed by atoms with E-state index in [4.69, 9.17) is 9.47 Å². The topological polar surface area (TPSA) is 101 Å². The lowest BCUT2D eigenvalue weighted by molar-refractivity contribution is -0.126. The standard InChI is InChI=1S/C24H27N3O5S/c28-24(25-10-7-18-16-26-21-4-2-1-3-20(18)21)17-8-11-27(12-9-17)33(29,30)19-5-6-22-23(15-19)32-14-13-31-22/h1-6,15-17,26H,7-14H2,(H,25,28). The second-order valence-corrected chi connectivity index (χ2v) is 10.3. The molecule has 1 saturated heterocycles. The van der Waals surface area contributed by atoms with Crippen molar-refractivity contribution in [2.45, 2.75) is 24.2 Å². The van der Waals surface area contributed by atoms with Gasteiger partial charge in [-0.25, -0.2) is 8.42 Å². The number of hydrogen-bond donors (Lipinski definition) is 2. The lowest BCUT2D eigenvalue weighted by atomic mass is 9.97. The summed E-state index contributed by atoms with van der Waals surface area (Å²) in [6, 6.07) is 12.8. The molecule has 0 saturated carbocycles. The van der Waals surface area contributed by atoms with Gasteiger partial charge in [0.1, 0.15) is 13.2 Å². The van der Waals surface area contributed by atoms with Gasteiger partial charge < -0.3 is 19.8 Å². The maximum Gasteiger partial charge on any atom is 0.243 e. The minimum Gasteiger partial charge on any atom is -0.486 e. The summed E-state index contributed by atoms with van der Waals surface area (Å²) in [6.45, 7) is 2.04. The van der Waals surface area contributed by atoms with Crippen LogP contribution in [-0.4, -0.2) is 56.5 Å². The number of ether oxygens (including phenoxy) is 2. The first-order chi connectivity index (χ1) is 16.0. The molecule has 1 aromatic heterocycles. The van der Waals surface area contributed by atoms with Crippen molar-refractivity contribution in [2.24, 2.45) is 5.92 Å². The third-order valence-corrected chi connectivity index (χ3v) is 8.24. The summed E-state index contributed by atoms with van der Waals surface area (Å²) in [5.41, 5.74) is 2.26. The number of amides is 1. The molecule has 9 heteroatoms. The number of rotatable bonds is 6. The molecule has 5 rings (SSSR count). The molecule has 0 unspecified atom stereocenters. The fraction of sp³-hybridized carbons (Fsp3) is 0.375. The number of para-hydroxylation sites is 1. The molecule has 3 heterocycles. The number of carbonyl (C=O) groups is 1. The number of piperidine rings is 1. The molecule has 0 spiro atoms. The summed E-state index contributed by atoms with van der Waals surface area (Å²) in [5, 5.41) is 4.19. The van der Waals surface area contributed by atoms with Gasteiger partial charge >= 0.3 is 0 Å². The predicted octanol–water partition coefficient (Wildman–Crippen LogP) is 2.70. The van der Waals surface area contributed by atoms with E-state index in [1.54, 1.807) is 12.1 Å². The van der Waals surface area contributed by atoms with E-state index in [9.17, 15) is 13.2 Å². The lowest BCUT2D eigenvalue weighted by Gasteiger charge is -2.30. The van der Waals surface area contributed by atoms with Gasteiger partial charge in [-0.15, -0.1) is 0 Å². The second kappa shape index (κ2) is 9.07. The molecule has 0 atom stereocenters. The molecule has 2 N–H and O–H groups in total. The number of H-pyrrole nitrogens is 1. The third-order valence-electron chi connectivity index (χ3n) is 6.34. The number of aromatic amines is 1. The summed E-state index contributed by atoms with van der Waals surface area (Å²) in [6.07, 6.45) is 3.73. The maximum absolute atomic E-state index is 13.1. The van der Waals surface area contributed by atoms with Gasteiger partial charge in [0.2, 0.25) is 15.9 Å². The summed E-state index contributed by atoms with van der Waals surface area (Å²) in [4.78, 5) is 16.1. The number of benzene rings is 2. The second-order valence-electron chi connectivity index (χ2n) is 8.38. The fourth-order valence-electron chi connectivity index (χ4n) is 4.49. The molecule has 174 valence electrons. The van der Waals surface area contributed by atoms with Crippen LogP contribution in [0.25, 0.3) is 10.9 Å². The van der Waals surface area contributed by atoms with Gasteiger partial charge in [-0.2, -0.15) is 4.31 Å². The highest BCUT2D eigenvalue weighted by atomic mass is 32.2. The van der Waals surface area contributed by atoms with E-state index in [2.05, 4.69) is 16.4 Å². The van der Waals surface area contributed by atoms with Gasteiger partial charge in [0.05, 0.1) is 4.90 Å². The molecule has 2 aromatic carbocycles. The van der Waals surface area contributed by atoms with Crippen LogP contribution in [0.4, 0.5) is 0 Å². The molecule has 1 amide bonds. The quantitative estimate of drug-likeness (QED) is 0.578. The van der Waals surface area contributed by atoms with Crippen LogP contribution < -0.4 is 14.8 Å². The molecule has 0 aliphatic carbocycles. The van der Waals surface area contributed by atoms with Gasteiger partial charge in [0.25, 0.3) is 0 Å². The minimum atomic E-state index is -3.65. The normalized spacial score (nSPS) is 17.2. The molecular formula is C24H27N3O5S. The Labute approximate surface area is 192 Å². The van der Waals surface area contributed by atoms with Crippen LogP contribution >= 0.6 is 0 Å². The van der Waals surface area contributed by atoms with E-state index in [-0.39, 0.29) is 16.7 Å². The minimum absolute atomic E-state index is 0.00813. The Balaban J connectivity index is 1.14. The highest BCUT2D eigenvalue weighted by Gasteiger charge is 2.32. The van der Waals surface area contributed by atoms with Crippen molar-refractivity contribution in [3.8, 4) is 11.5 Å². The van der Waals surface area contributed by atoms with Crippen molar-refractivity contribution in [1.82, 2.24) is 14.6 Å². The number of carbonyl (C=O) groups excluding carboxylic acids is 1. The van der Waals surface area contributed by atoms with Gasteiger partial charge in [0.15, 0.2) is 11.5 Å². The summed E-state index contributed by atoms with van der Waals surface area (Å²) in [7, 11) is -3.65. The van der Waals surface area contributed by atoms with Crippen molar-refractivity contribution in [2.75, 3.05) is 32.8 Å². The summed E-state index contributed by atoms with van der Waals surface area (Å²) in [5.74, 6) is 0.820. The van der Waals surface area contributed by atoms with Gasteiger partial charge in [-0.1, -0.05) is 18.2 Å². The largest absolute Gasteiger partial charge is 0.486 e. The lowest BCUT2D eigenvalue weighted by Crippen LogP contribution is -2.43. The first kappa shape index (κ1) is 21.8. The number of fused-ring (bicyclic) bond motifs is 2. The molecule has 2 aliphatic heterocycles. The van der Waals surface area contributed by atoms with E-state index < -0.39 is 10.0 Å². The molecule has 8 nitrogen and oxygen atoms in total. The first-order valence-corrected chi connectivity index (χ1v) is 12.7. The van der Waals surface area contributed by atoms with E-state index in [1.165, 1.54) is 21.3 Å². The van der Waals surface area contributed by atoms with Crippen molar-refractivity contribution < 1.29 is 22.7 Å². The smallest absolute Gasteiger partial charge is 0.243 e. The Kier molecular flexibility index (Phi) is 5.99. The van der Waals surface area contributed by atoms with E-state index in [0.29, 0.717) is 57.2 Å². The van der Waals surface area contributed by atoms with Crippen molar-refractivity contribution in [3.63, 3.8) is 0 Å². The fourth-order valence-corrected chi connectivity index (χ4v) is 5.98. The maximum atomic E-state index is 13.1. The van der Waals surface area contributed by atoms with E-state index in [1.807, 2.05) is 24.4 Å². The van der Waals surface area contributed by atoms with Crippen molar-refractivity contribution in [1.29, 1.82) is 0 Å². The van der Waals surface area contributed by atoms with Crippen LogP contribution in [0.2, 0.25) is 0 Å². The van der Waals surface area contributed by atoms with Crippen LogP contribution in [0.1, 0.15) is 18.4 Å². The van der Waals surface area contributed by atoms with Crippen molar-refractivity contribution in [3.05, 3.63) is 54.2 Å². The zero-order valence-electron chi connectivity index (χ0n) is 18.2. The highest BCUT2D eigenvalue weighted by Crippen LogP contribution is 2.34. The number of aromatic nitrogens is 1. The van der Waals surface area contributed by atoms with Crippen LogP contribution in [0.5, 0.6) is 11.5 Å². The zero-order chi connectivity index (χ0) is 22.8. The average Bonchev–Trinajstić information content (AvgIpc) is 3.27. The van der Waals surface area contributed by atoms with Gasteiger partial charge in [-0.3, -0.25) is 4.79 Å². The number of hydrogen-bond acceptors (Lipinski definition) is 5. The van der Waals surface area contributed by atoms with Gasteiger partial charge in [-0.05, 0) is 43.0 Å². The molecule has 0 bridgehead atoms. The molecule has 33 heavy (non-hydrogen) atoms. The SMILES string of the molecule is O=C(NCCc1c[nH]c2ccccc12)C1CCN(S(=O)(=O)c2ccc3c(c2)OCCO3)CC1. The number of nitrogens with zero attached hydrogens (tertiary/aromatic N) is 1. The van der Waals surface area contributed by atoms with E-state index in [0.717, 1.165) is 11.9 Å². The Morgan fingerprint density at radius 3 is 2.64 bits per heavy atom. The Hall–Kier alpha value is -3.04. The number of sulfonamides is 1. The van der Waals surface area contributed by atoms with Crippen LogP contribution in [0, 0.1) is 5.92 Å². The Morgan fingerprint density at radius 1 is 1.06 bits per heavy atom. The molecule has 0 radical (unpaired) electrons. The first-order valence-electron chi connectivity index (χ1n) is 11.2. The third kappa shape index (κ3) is 4.43. The molecule has 1 fully saturated rings. The summed E-state index contributed by atoms with van der Waals surface area (Å²) < 4.78 is 38.6. The predicted molar refractivity (Wildman–Crippen MR) is 124 cm³/mol. The van der Waals surface area contributed by atoms with Crippen LogP contribution in [0.15, 0.2) is 53.6 Å². The van der Waals surface area contributed by atoms with Crippen LogP contribution in [0.3, 0.4) is 0 Å². The summed E-state index contributed by atoms with van der Waals surface area (Å²) >= 11 is 0. The van der Waals surface area contributed by atoms with Gasteiger partial charge in [0, 0.05) is 48.7 Å². The van der Waals surface area contributed by atoms with E-state index >= 15 is 0 Å². The molecular weight excluding hydrogens is 442 g/mol. The van der Waals surface area contributed by atoms with Crippen LogP contribution in [-0.2, 0) is 21.2 Å². The molecule has 2 aliphatic rings. The average molecular weight is 470 g/mol. The number of nitrogens with one attached hydrogen (secondary N) is 2. The Morgan fingerprint density at radius 2 is 1.82 bits per heavy atom. The van der Waals surface area contributed by atoms with Crippen molar-refractivity contribution >= 4 is 26.8 Å². The zero-order valence-corrected chi connectivity index (χ0v) is 19.1.